The van der Waals surface area contributed by atoms with Gasteiger partial charge in [0.05, 0.1) is 30.5 Å². The number of aliphatic hydroxyl groups excluding tert-OH is 2. The molecule has 0 aromatic carbocycles. The molecule has 2 N–H and O–H groups in total. The van der Waals surface area contributed by atoms with E-state index in [1.807, 2.05) is 39.9 Å². The number of hydrogen-bond donors (Lipinski definition) is 2. The van der Waals surface area contributed by atoms with Gasteiger partial charge in [-0.15, -0.1) is 0 Å². The van der Waals surface area contributed by atoms with Crippen LogP contribution in [0.5, 0.6) is 0 Å². The Balaban J connectivity index is 1.92. The number of ether oxygens (including phenoxy) is 4. The first-order valence-electron chi connectivity index (χ1n) is 16.7. The number of ketones is 1. The van der Waals surface area contributed by atoms with E-state index in [2.05, 4.69) is 28.9 Å². The minimum absolute atomic E-state index is 0.108. The van der Waals surface area contributed by atoms with E-state index in [1.54, 1.807) is 27.9 Å². The molecular weight excluding hydrogens is 578 g/mol. The zero-order chi connectivity index (χ0) is 33.7. The number of esters is 1. The van der Waals surface area contributed by atoms with Crippen LogP contribution in [0.3, 0.4) is 0 Å². The van der Waals surface area contributed by atoms with Crippen molar-refractivity contribution in [1.82, 2.24) is 14.7 Å². The van der Waals surface area contributed by atoms with E-state index in [-0.39, 0.29) is 49.1 Å². The Hall–Kier alpha value is -1.44. The number of carbonyl (C=O) groups is 2. The molecule has 0 bridgehead atoms. The van der Waals surface area contributed by atoms with E-state index in [1.165, 1.54) is 0 Å². The third-order valence-corrected chi connectivity index (χ3v) is 10.3. The van der Waals surface area contributed by atoms with Crippen LogP contribution in [0.1, 0.15) is 67.2 Å². The van der Waals surface area contributed by atoms with Gasteiger partial charge in [0.25, 0.3) is 0 Å². The van der Waals surface area contributed by atoms with Gasteiger partial charge in [0.2, 0.25) is 0 Å². The zero-order valence-corrected chi connectivity index (χ0v) is 29.4. The molecule has 3 rings (SSSR count). The topological polar surface area (TPSA) is 121 Å². The van der Waals surface area contributed by atoms with E-state index < -0.39 is 41.4 Å². The maximum absolute atomic E-state index is 14.2. The third kappa shape index (κ3) is 9.13. The first-order valence-corrected chi connectivity index (χ1v) is 16.7. The number of likely N-dealkylation sites (tertiary alicyclic amines) is 1. The number of cyclic esters (lactones) is 1. The average Bonchev–Trinajstić information content (AvgIpc) is 3.44. The molecule has 3 saturated heterocycles. The molecule has 260 valence electrons. The molecule has 3 fully saturated rings. The largest absolute Gasteiger partial charge is 0.463 e. The molecule has 11 heteroatoms. The summed E-state index contributed by atoms with van der Waals surface area (Å²) in [4.78, 5) is 34.1. The average molecular weight is 640 g/mol. The molecular formula is C34H61N3O8. The second-order valence-electron chi connectivity index (χ2n) is 14.7. The van der Waals surface area contributed by atoms with Crippen molar-refractivity contribution >= 4 is 11.8 Å². The lowest BCUT2D eigenvalue weighted by Gasteiger charge is -2.47. The molecule has 4 unspecified atom stereocenters. The van der Waals surface area contributed by atoms with Crippen molar-refractivity contribution in [2.24, 2.45) is 17.3 Å². The normalized spacial score (nSPS) is 39.9. The highest BCUT2D eigenvalue weighted by atomic mass is 16.7. The second kappa shape index (κ2) is 16.1. The molecule has 11 nitrogen and oxygen atoms in total. The lowest BCUT2D eigenvalue weighted by Crippen LogP contribution is -2.59. The van der Waals surface area contributed by atoms with Crippen LogP contribution in [0.15, 0.2) is 12.2 Å². The van der Waals surface area contributed by atoms with Gasteiger partial charge < -0.3 is 34.1 Å². The number of Topliss-reactive ketones (excluding diaryl/α,β-unsaturated/α-hetero) is 1. The smallest absolute Gasteiger partial charge is 0.319 e. The number of aliphatic hydroxyl groups is 2. The van der Waals surface area contributed by atoms with Gasteiger partial charge in [-0.3, -0.25) is 19.4 Å². The van der Waals surface area contributed by atoms with Crippen LogP contribution in [0, 0.1) is 17.3 Å². The molecule has 0 spiro atoms. The number of hydrogen-bond acceptors (Lipinski definition) is 11. The van der Waals surface area contributed by atoms with E-state index in [0.29, 0.717) is 25.9 Å². The highest BCUT2D eigenvalue weighted by molar-refractivity contribution is 6.04. The first kappa shape index (κ1) is 38.0. The fraction of sp³-hybridized carbons (Fsp3) is 0.882. The number of methoxy groups -OCH3 is 1. The molecule has 10 atom stereocenters. The second-order valence-corrected chi connectivity index (χ2v) is 14.7. The van der Waals surface area contributed by atoms with Gasteiger partial charge in [0.1, 0.15) is 18.1 Å². The van der Waals surface area contributed by atoms with Crippen molar-refractivity contribution in [3.05, 3.63) is 12.2 Å². The standard InChI is InChI=1S/C34H61N3O8/c1-22-18-34(6,42-10)30(45-31-28(39)27(35(7)8)17-23(2)44-31)24(3)29(40)33(4,5)32(41)43-21-26(36(9)19-22)14-12-16-37-15-11-13-25(37)20-38/h12,14,22-28,30-31,38-39H,11,13,15-21H2,1-10H3/b14-12+/t22-,23?,24+,25-,26-,27?,28?,30-,31?,34-/m1/s1. The summed E-state index contributed by atoms with van der Waals surface area (Å²) in [6.07, 6.45) is 4.53. The van der Waals surface area contributed by atoms with Gasteiger partial charge in [0.15, 0.2) is 12.1 Å². The van der Waals surface area contributed by atoms with Gasteiger partial charge in [-0.25, -0.2) is 0 Å². The summed E-state index contributed by atoms with van der Waals surface area (Å²) in [5.41, 5.74) is -2.39. The Morgan fingerprint density at radius 2 is 1.84 bits per heavy atom. The van der Waals surface area contributed by atoms with E-state index in [9.17, 15) is 19.8 Å². The molecule has 0 amide bonds. The first-order chi connectivity index (χ1) is 21.0. The molecule has 0 aromatic rings. The zero-order valence-electron chi connectivity index (χ0n) is 29.4. The fourth-order valence-electron chi connectivity index (χ4n) is 7.46. The maximum Gasteiger partial charge on any atom is 0.319 e. The van der Waals surface area contributed by atoms with Crippen LogP contribution < -0.4 is 0 Å². The molecule has 0 saturated carbocycles. The number of rotatable bonds is 8. The summed E-state index contributed by atoms with van der Waals surface area (Å²) in [7, 11) is 7.46. The molecule has 3 aliphatic rings. The van der Waals surface area contributed by atoms with Crippen molar-refractivity contribution < 1.29 is 38.7 Å². The number of carbonyl (C=O) groups excluding carboxylic acids is 2. The summed E-state index contributed by atoms with van der Waals surface area (Å²) >= 11 is 0. The Morgan fingerprint density at radius 1 is 1.16 bits per heavy atom. The Morgan fingerprint density at radius 3 is 2.47 bits per heavy atom. The van der Waals surface area contributed by atoms with Crippen molar-refractivity contribution in [2.75, 3.05) is 61.1 Å². The van der Waals surface area contributed by atoms with Gasteiger partial charge >= 0.3 is 5.97 Å². The van der Waals surface area contributed by atoms with E-state index >= 15 is 0 Å². The lowest BCUT2D eigenvalue weighted by molar-refractivity contribution is -0.295. The molecule has 0 aliphatic carbocycles. The minimum atomic E-state index is -1.45. The summed E-state index contributed by atoms with van der Waals surface area (Å²) < 4.78 is 24.8. The molecule has 0 radical (unpaired) electrons. The molecule has 0 aromatic heterocycles. The monoisotopic (exact) mass is 639 g/mol. The predicted octanol–water partition coefficient (Wildman–Crippen LogP) is 2.33. The van der Waals surface area contributed by atoms with Crippen molar-refractivity contribution in [1.29, 1.82) is 0 Å². The highest BCUT2D eigenvalue weighted by Gasteiger charge is 2.51. The van der Waals surface area contributed by atoms with E-state index in [0.717, 1.165) is 19.4 Å². The maximum atomic E-state index is 14.2. The van der Waals surface area contributed by atoms with Crippen LogP contribution in [-0.2, 0) is 28.5 Å². The molecule has 3 aliphatic heterocycles. The van der Waals surface area contributed by atoms with Crippen LogP contribution in [0.25, 0.3) is 0 Å². The Bertz CT molecular complexity index is 1010. The number of likely N-dealkylation sites (N-methyl/N-ethyl adjacent to an activating group) is 2. The van der Waals surface area contributed by atoms with Gasteiger partial charge in [-0.05, 0) is 87.0 Å². The summed E-state index contributed by atoms with van der Waals surface area (Å²) in [6, 6.07) is -0.206. The highest BCUT2D eigenvalue weighted by Crippen LogP contribution is 2.38. The summed E-state index contributed by atoms with van der Waals surface area (Å²) in [5, 5.41) is 21.0. The Kier molecular flexibility index (Phi) is 13.6. The minimum Gasteiger partial charge on any atom is -0.463 e. The fourth-order valence-corrected chi connectivity index (χ4v) is 7.46. The van der Waals surface area contributed by atoms with Crippen LogP contribution in [-0.4, -0.2) is 146 Å². The van der Waals surface area contributed by atoms with Gasteiger partial charge in [-0.1, -0.05) is 26.0 Å². The van der Waals surface area contributed by atoms with Crippen LogP contribution in [0.2, 0.25) is 0 Å². The van der Waals surface area contributed by atoms with Crippen molar-refractivity contribution in [3.63, 3.8) is 0 Å². The van der Waals surface area contributed by atoms with Gasteiger partial charge in [-0.2, -0.15) is 0 Å². The van der Waals surface area contributed by atoms with Gasteiger partial charge in [0, 0.05) is 38.2 Å². The number of nitrogens with zero attached hydrogens (tertiary/aromatic N) is 3. The van der Waals surface area contributed by atoms with Crippen molar-refractivity contribution in [3.8, 4) is 0 Å². The lowest BCUT2D eigenvalue weighted by atomic mass is 9.74. The quantitative estimate of drug-likeness (QED) is 0.231. The summed E-state index contributed by atoms with van der Waals surface area (Å²) in [6.45, 7) is 13.6. The Labute approximate surface area is 271 Å². The predicted molar refractivity (Wildman–Crippen MR) is 173 cm³/mol. The molecule has 3 heterocycles. The van der Waals surface area contributed by atoms with Crippen LogP contribution in [0.4, 0.5) is 0 Å². The molecule has 45 heavy (non-hydrogen) atoms. The SMILES string of the molecule is CO[C@]1(C)C[C@@H](C)CN(C)[C@H](/C=C/CN2CCC[C@@H]2CO)COC(=O)C(C)(C)C(=O)[C@H](C)[C@H]1OC1OC(C)CC(N(C)C)C1O. The van der Waals surface area contributed by atoms with Crippen LogP contribution >= 0.6 is 0 Å². The third-order valence-electron chi connectivity index (χ3n) is 10.3. The van der Waals surface area contributed by atoms with Crippen molar-refractivity contribution in [2.45, 2.75) is 116 Å². The van der Waals surface area contributed by atoms with E-state index in [4.69, 9.17) is 18.9 Å². The summed E-state index contributed by atoms with van der Waals surface area (Å²) in [5.74, 6) is -1.58.